The molecule has 2 aromatic carbocycles. The van der Waals surface area contributed by atoms with Crippen molar-refractivity contribution in [3.8, 4) is 0 Å². The van der Waals surface area contributed by atoms with Crippen molar-refractivity contribution in [2.24, 2.45) is 0 Å². The van der Waals surface area contributed by atoms with Crippen LogP contribution in [0.3, 0.4) is 0 Å². The average Bonchev–Trinajstić information content (AvgIpc) is 2.72. The van der Waals surface area contributed by atoms with E-state index in [1.54, 1.807) is 0 Å². The summed E-state index contributed by atoms with van der Waals surface area (Å²) in [5, 5.41) is 3.98. The molecule has 0 spiro atoms. The summed E-state index contributed by atoms with van der Waals surface area (Å²) in [5.74, 6) is 1.13. The Morgan fingerprint density at radius 1 is 1.09 bits per heavy atom. The Morgan fingerprint density at radius 2 is 1.82 bits per heavy atom. The van der Waals surface area contributed by atoms with Gasteiger partial charge < -0.3 is 5.32 Å². The Kier molecular flexibility index (Phi) is 4.90. The molecule has 0 saturated heterocycles. The first kappa shape index (κ1) is 15.6. The molecule has 2 atom stereocenters. The first-order chi connectivity index (χ1) is 10.7. The van der Waals surface area contributed by atoms with E-state index in [1.807, 2.05) is 11.8 Å². The number of thioether (sulfide) groups is 1. The van der Waals surface area contributed by atoms with Crippen molar-refractivity contribution in [1.82, 2.24) is 5.32 Å². The summed E-state index contributed by atoms with van der Waals surface area (Å²) >= 11 is 2.00. The second-order valence-corrected chi connectivity index (χ2v) is 7.50. The molecule has 0 radical (unpaired) electrons. The molecule has 2 unspecified atom stereocenters. The molecule has 0 aromatic heterocycles. The Bertz CT molecular complexity index is 610. The van der Waals surface area contributed by atoms with Crippen LogP contribution in [-0.2, 0) is 0 Å². The number of unbranched alkanes of at least 4 members (excludes halogenated alkanes) is 1. The van der Waals surface area contributed by atoms with Crippen LogP contribution in [0.1, 0.15) is 50.3 Å². The molecule has 0 saturated carbocycles. The molecule has 3 rings (SSSR count). The second kappa shape index (κ2) is 6.89. The quantitative estimate of drug-likeness (QED) is 0.809. The van der Waals surface area contributed by atoms with Crippen LogP contribution >= 0.6 is 11.8 Å². The van der Waals surface area contributed by atoms with Crippen LogP contribution in [0.25, 0.3) is 0 Å². The third-order valence-electron chi connectivity index (χ3n) is 4.48. The molecule has 116 valence electrons. The Labute approximate surface area is 138 Å². The van der Waals surface area contributed by atoms with E-state index in [0.29, 0.717) is 0 Å². The summed E-state index contributed by atoms with van der Waals surface area (Å²) < 4.78 is 0. The Hall–Kier alpha value is -1.25. The van der Waals surface area contributed by atoms with Gasteiger partial charge in [-0.3, -0.25) is 0 Å². The Morgan fingerprint density at radius 3 is 2.59 bits per heavy atom. The van der Waals surface area contributed by atoms with Gasteiger partial charge in [0.1, 0.15) is 0 Å². The number of hydrogen-bond donors (Lipinski definition) is 1. The summed E-state index contributed by atoms with van der Waals surface area (Å²) in [7, 11) is 0. The number of benzene rings is 2. The van der Waals surface area contributed by atoms with Crippen LogP contribution in [-0.4, -0.2) is 11.3 Å². The van der Waals surface area contributed by atoms with Crippen LogP contribution in [0, 0.1) is 0 Å². The SMILES string of the molecule is CCCCC1(C)CSc2ccccc2C(c2ccccc2)N1. The van der Waals surface area contributed by atoms with Gasteiger partial charge in [-0.15, -0.1) is 11.8 Å². The monoisotopic (exact) mass is 311 g/mol. The smallest absolute Gasteiger partial charge is 0.0592 e. The van der Waals surface area contributed by atoms with Crippen molar-refractivity contribution in [1.29, 1.82) is 0 Å². The van der Waals surface area contributed by atoms with Gasteiger partial charge in [0.05, 0.1) is 6.04 Å². The highest BCUT2D eigenvalue weighted by Gasteiger charge is 2.32. The van der Waals surface area contributed by atoms with E-state index in [0.717, 1.165) is 5.75 Å². The lowest BCUT2D eigenvalue weighted by molar-refractivity contribution is 0.335. The molecule has 1 heterocycles. The standard InChI is InChI=1S/C20H25NS/c1-3-4-14-20(2)15-22-18-13-9-8-12-17(18)19(21-20)16-10-6-5-7-11-16/h5-13,19,21H,3-4,14-15H2,1-2H3. The fourth-order valence-corrected chi connectivity index (χ4v) is 4.40. The minimum atomic E-state index is 0.181. The molecule has 22 heavy (non-hydrogen) atoms. The molecular weight excluding hydrogens is 286 g/mol. The summed E-state index contributed by atoms with van der Waals surface area (Å²) in [6, 6.07) is 20.0. The Balaban J connectivity index is 1.98. The fraction of sp³-hybridized carbons (Fsp3) is 0.400. The topological polar surface area (TPSA) is 12.0 Å². The molecule has 0 aliphatic carbocycles. The predicted molar refractivity (Wildman–Crippen MR) is 96.5 cm³/mol. The summed E-state index contributed by atoms with van der Waals surface area (Å²) in [5.41, 5.74) is 2.96. The van der Waals surface area contributed by atoms with Crippen molar-refractivity contribution in [3.05, 3.63) is 65.7 Å². The van der Waals surface area contributed by atoms with Crippen molar-refractivity contribution in [2.45, 2.75) is 49.6 Å². The first-order valence-corrected chi connectivity index (χ1v) is 9.25. The van der Waals surface area contributed by atoms with E-state index < -0.39 is 0 Å². The molecule has 1 nitrogen and oxygen atoms in total. The highest BCUT2D eigenvalue weighted by molar-refractivity contribution is 7.99. The molecule has 2 aromatic rings. The van der Waals surface area contributed by atoms with Crippen LogP contribution in [0.5, 0.6) is 0 Å². The zero-order chi connectivity index (χ0) is 15.4. The summed E-state index contributed by atoms with van der Waals surface area (Å²) in [6.45, 7) is 4.66. The molecule has 0 bridgehead atoms. The molecule has 1 N–H and O–H groups in total. The van der Waals surface area contributed by atoms with Crippen LogP contribution in [0.4, 0.5) is 0 Å². The van der Waals surface area contributed by atoms with Gasteiger partial charge in [0.25, 0.3) is 0 Å². The molecule has 1 aliphatic heterocycles. The third kappa shape index (κ3) is 3.39. The highest BCUT2D eigenvalue weighted by atomic mass is 32.2. The van der Waals surface area contributed by atoms with Crippen molar-refractivity contribution < 1.29 is 0 Å². The molecule has 0 fully saturated rings. The van der Waals surface area contributed by atoms with E-state index in [9.17, 15) is 0 Å². The minimum Gasteiger partial charge on any atom is -0.300 e. The average molecular weight is 311 g/mol. The fourth-order valence-electron chi connectivity index (χ4n) is 3.18. The maximum Gasteiger partial charge on any atom is 0.0592 e. The minimum absolute atomic E-state index is 0.181. The lowest BCUT2D eigenvalue weighted by atomic mass is 9.91. The maximum absolute atomic E-state index is 3.98. The van der Waals surface area contributed by atoms with E-state index in [2.05, 4.69) is 73.8 Å². The first-order valence-electron chi connectivity index (χ1n) is 8.26. The van der Waals surface area contributed by atoms with Crippen molar-refractivity contribution in [2.75, 3.05) is 5.75 Å². The summed E-state index contributed by atoms with van der Waals surface area (Å²) in [4.78, 5) is 1.42. The van der Waals surface area contributed by atoms with Gasteiger partial charge in [-0.05, 0) is 30.5 Å². The molecule has 1 aliphatic rings. The van der Waals surface area contributed by atoms with E-state index in [4.69, 9.17) is 0 Å². The largest absolute Gasteiger partial charge is 0.300 e. The highest BCUT2D eigenvalue weighted by Crippen LogP contribution is 2.39. The lowest BCUT2D eigenvalue weighted by Gasteiger charge is -2.33. The van der Waals surface area contributed by atoms with Crippen molar-refractivity contribution in [3.63, 3.8) is 0 Å². The number of nitrogens with one attached hydrogen (secondary N) is 1. The third-order valence-corrected chi connectivity index (χ3v) is 5.95. The lowest BCUT2D eigenvalue weighted by Crippen LogP contribution is -2.45. The van der Waals surface area contributed by atoms with E-state index in [1.165, 1.54) is 35.3 Å². The van der Waals surface area contributed by atoms with E-state index in [-0.39, 0.29) is 11.6 Å². The van der Waals surface area contributed by atoms with Gasteiger partial charge >= 0.3 is 0 Å². The number of rotatable bonds is 4. The zero-order valence-electron chi connectivity index (χ0n) is 13.5. The van der Waals surface area contributed by atoms with E-state index >= 15 is 0 Å². The summed E-state index contributed by atoms with van der Waals surface area (Å²) in [6.07, 6.45) is 3.76. The van der Waals surface area contributed by atoms with Gasteiger partial charge in [-0.25, -0.2) is 0 Å². The molecule has 2 heteroatoms. The maximum atomic E-state index is 3.98. The van der Waals surface area contributed by atoms with Crippen LogP contribution in [0.15, 0.2) is 59.5 Å². The molecular formula is C20H25NS. The number of hydrogen-bond acceptors (Lipinski definition) is 2. The molecule has 0 amide bonds. The van der Waals surface area contributed by atoms with Gasteiger partial charge in [0, 0.05) is 16.2 Å². The van der Waals surface area contributed by atoms with Gasteiger partial charge in [-0.2, -0.15) is 0 Å². The van der Waals surface area contributed by atoms with Crippen LogP contribution in [0.2, 0.25) is 0 Å². The van der Waals surface area contributed by atoms with Crippen molar-refractivity contribution >= 4 is 11.8 Å². The normalized spacial score (nSPS) is 24.5. The van der Waals surface area contributed by atoms with Gasteiger partial charge in [-0.1, -0.05) is 68.3 Å². The van der Waals surface area contributed by atoms with Gasteiger partial charge in [0.15, 0.2) is 0 Å². The predicted octanol–water partition coefficient (Wildman–Crippen LogP) is 5.42. The second-order valence-electron chi connectivity index (χ2n) is 6.48. The number of fused-ring (bicyclic) bond motifs is 1. The van der Waals surface area contributed by atoms with Gasteiger partial charge in [0.2, 0.25) is 0 Å². The zero-order valence-corrected chi connectivity index (χ0v) is 14.3. The van der Waals surface area contributed by atoms with Crippen LogP contribution < -0.4 is 5.32 Å².